The van der Waals surface area contributed by atoms with Crippen LogP contribution in [-0.4, -0.2) is 60.6 Å². The van der Waals surface area contributed by atoms with E-state index in [9.17, 15) is 9.90 Å². The number of likely N-dealkylation sites (N-methyl/N-ethyl adjacent to an activating group) is 1. The van der Waals surface area contributed by atoms with Crippen molar-refractivity contribution in [1.82, 2.24) is 9.80 Å². The highest BCUT2D eigenvalue weighted by Gasteiger charge is 2.22. The average Bonchev–Trinajstić information content (AvgIpc) is 2.64. The number of carbonyl (C=O) groups excluding carboxylic acids is 1. The van der Waals surface area contributed by atoms with E-state index in [1.807, 2.05) is 36.2 Å². The summed E-state index contributed by atoms with van der Waals surface area (Å²) in [6, 6.07) is 15.5. The molecule has 0 saturated carbocycles. The number of benzene rings is 2. The van der Waals surface area contributed by atoms with E-state index in [4.69, 9.17) is 0 Å². The van der Waals surface area contributed by atoms with E-state index in [0.717, 1.165) is 38.4 Å². The first-order valence-corrected chi connectivity index (χ1v) is 9.08. The second-order valence-corrected chi connectivity index (χ2v) is 6.98. The summed E-state index contributed by atoms with van der Waals surface area (Å²) in [6.45, 7) is 6.43. The zero-order chi connectivity index (χ0) is 18.5. The summed E-state index contributed by atoms with van der Waals surface area (Å²) < 4.78 is 0. The number of aryl methyl sites for hydroxylation is 1. The van der Waals surface area contributed by atoms with Crippen molar-refractivity contribution in [2.75, 3.05) is 44.7 Å². The molecular weight excluding hydrogens is 326 g/mol. The lowest BCUT2D eigenvalue weighted by atomic mass is 10.1. The van der Waals surface area contributed by atoms with E-state index in [1.54, 1.807) is 12.1 Å². The van der Waals surface area contributed by atoms with E-state index >= 15 is 0 Å². The van der Waals surface area contributed by atoms with E-state index in [-0.39, 0.29) is 11.7 Å². The number of hydrogen-bond acceptors (Lipinski definition) is 4. The van der Waals surface area contributed by atoms with Crippen molar-refractivity contribution in [1.29, 1.82) is 0 Å². The number of rotatable bonds is 5. The third kappa shape index (κ3) is 4.55. The van der Waals surface area contributed by atoms with Gasteiger partial charge in [0.2, 0.25) is 5.91 Å². The SMILES string of the molecule is Cc1ccccc1CN(C)CC(=O)N1CCN(c2ccc(O)cc2)CC1. The Bertz CT molecular complexity index is 737. The number of amides is 1. The third-order valence-corrected chi connectivity index (χ3v) is 4.95. The lowest BCUT2D eigenvalue weighted by Gasteiger charge is -2.36. The number of nitrogens with zero attached hydrogens (tertiary/aromatic N) is 3. The summed E-state index contributed by atoms with van der Waals surface area (Å²) in [4.78, 5) is 18.9. The molecule has 0 aromatic heterocycles. The summed E-state index contributed by atoms with van der Waals surface area (Å²) >= 11 is 0. The highest BCUT2D eigenvalue weighted by atomic mass is 16.3. The molecule has 5 nitrogen and oxygen atoms in total. The van der Waals surface area contributed by atoms with Gasteiger partial charge in [0.1, 0.15) is 5.75 Å². The van der Waals surface area contributed by atoms with Crippen LogP contribution in [0.5, 0.6) is 5.75 Å². The predicted molar refractivity (Wildman–Crippen MR) is 104 cm³/mol. The second kappa shape index (κ2) is 8.23. The van der Waals surface area contributed by atoms with Crippen molar-refractivity contribution < 1.29 is 9.90 Å². The van der Waals surface area contributed by atoms with Crippen LogP contribution in [0.1, 0.15) is 11.1 Å². The number of hydrogen-bond donors (Lipinski definition) is 1. The third-order valence-electron chi connectivity index (χ3n) is 4.95. The van der Waals surface area contributed by atoms with E-state index in [1.165, 1.54) is 11.1 Å². The lowest BCUT2D eigenvalue weighted by molar-refractivity contribution is -0.132. The van der Waals surface area contributed by atoms with Gasteiger partial charge >= 0.3 is 0 Å². The fourth-order valence-corrected chi connectivity index (χ4v) is 3.34. The number of phenols is 1. The molecule has 1 aliphatic rings. The monoisotopic (exact) mass is 353 g/mol. The molecule has 0 spiro atoms. The Balaban J connectivity index is 1.49. The molecule has 0 atom stereocenters. The molecule has 3 rings (SSSR count). The first-order chi connectivity index (χ1) is 12.5. The maximum absolute atomic E-state index is 12.6. The highest BCUT2D eigenvalue weighted by molar-refractivity contribution is 5.78. The summed E-state index contributed by atoms with van der Waals surface area (Å²) in [5, 5.41) is 9.40. The van der Waals surface area contributed by atoms with Crippen LogP contribution in [0, 0.1) is 6.92 Å². The second-order valence-electron chi connectivity index (χ2n) is 6.98. The Morgan fingerprint density at radius 2 is 1.69 bits per heavy atom. The largest absolute Gasteiger partial charge is 0.508 e. The fourth-order valence-electron chi connectivity index (χ4n) is 3.34. The Morgan fingerprint density at radius 1 is 1.04 bits per heavy atom. The molecule has 2 aromatic carbocycles. The normalized spacial score (nSPS) is 14.7. The first-order valence-electron chi connectivity index (χ1n) is 9.08. The molecule has 1 aliphatic heterocycles. The molecule has 2 aromatic rings. The van der Waals surface area contributed by atoms with Crippen LogP contribution >= 0.6 is 0 Å². The number of carbonyl (C=O) groups is 1. The van der Waals surface area contributed by atoms with Gasteiger partial charge in [0.25, 0.3) is 0 Å². The van der Waals surface area contributed by atoms with Gasteiger partial charge in [-0.25, -0.2) is 0 Å². The molecule has 1 N–H and O–H groups in total. The minimum atomic E-state index is 0.187. The maximum atomic E-state index is 12.6. The highest BCUT2D eigenvalue weighted by Crippen LogP contribution is 2.20. The molecule has 1 fully saturated rings. The fraction of sp³-hybridized carbons (Fsp3) is 0.381. The first kappa shape index (κ1) is 18.3. The van der Waals surface area contributed by atoms with Gasteiger partial charge in [-0.3, -0.25) is 9.69 Å². The van der Waals surface area contributed by atoms with Crippen molar-refractivity contribution >= 4 is 11.6 Å². The Kier molecular flexibility index (Phi) is 5.78. The van der Waals surface area contributed by atoms with Crippen molar-refractivity contribution in [3.8, 4) is 5.75 Å². The molecule has 5 heteroatoms. The van der Waals surface area contributed by atoms with Gasteiger partial charge in [-0.15, -0.1) is 0 Å². The van der Waals surface area contributed by atoms with Crippen molar-refractivity contribution in [2.45, 2.75) is 13.5 Å². The standard InChI is InChI=1S/C21H27N3O2/c1-17-5-3-4-6-18(17)15-22(2)16-21(26)24-13-11-23(12-14-24)19-7-9-20(25)10-8-19/h3-10,25H,11-16H2,1-2H3. The number of aromatic hydroxyl groups is 1. The summed E-state index contributed by atoms with van der Waals surface area (Å²) in [5.74, 6) is 0.464. The number of anilines is 1. The molecule has 1 amide bonds. The molecule has 0 unspecified atom stereocenters. The number of phenolic OH excluding ortho intramolecular Hbond substituents is 1. The van der Waals surface area contributed by atoms with Gasteiger partial charge in [-0.05, 0) is 49.4 Å². The van der Waals surface area contributed by atoms with Crippen LogP contribution in [0.2, 0.25) is 0 Å². The molecule has 0 bridgehead atoms. The zero-order valence-electron chi connectivity index (χ0n) is 15.6. The summed E-state index contributed by atoms with van der Waals surface area (Å²) in [5.41, 5.74) is 3.61. The predicted octanol–water partition coefficient (Wildman–Crippen LogP) is 2.48. The summed E-state index contributed by atoms with van der Waals surface area (Å²) in [6.07, 6.45) is 0. The Morgan fingerprint density at radius 3 is 2.35 bits per heavy atom. The molecular formula is C21H27N3O2. The van der Waals surface area contributed by atoms with Gasteiger partial charge in [-0.2, -0.15) is 0 Å². The van der Waals surface area contributed by atoms with Crippen LogP contribution in [0.15, 0.2) is 48.5 Å². The molecule has 0 aliphatic carbocycles. The zero-order valence-corrected chi connectivity index (χ0v) is 15.6. The van der Waals surface area contributed by atoms with Crippen molar-refractivity contribution in [3.63, 3.8) is 0 Å². The van der Waals surface area contributed by atoms with Gasteiger partial charge in [0.15, 0.2) is 0 Å². The van der Waals surface area contributed by atoms with E-state index in [2.05, 4.69) is 28.9 Å². The van der Waals surface area contributed by atoms with Gasteiger partial charge in [0.05, 0.1) is 6.54 Å². The molecule has 1 saturated heterocycles. The van der Waals surface area contributed by atoms with Crippen LogP contribution in [-0.2, 0) is 11.3 Å². The average molecular weight is 353 g/mol. The van der Waals surface area contributed by atoms with E-state index in [0.29, 0.717) is 6.54 Å². The molecule has 138 valence electrons. The van der Waals surface area contributed by atoms with E-state index < -0.39 is 0 Å². The van der Waals surface area contributed by atoms with Crippen molar-refractivity contribution in [3.05, 3.63) is 59.7 Å². The molecule has 26 heavy (non-hydrogen) atoms. The maximum Gasteiger partial charge on any atom is 0.236 e. The van der Waals surface area contributed by atoms with Crippen LogP contribution in [0.4, 0.5) is 5.69 Å². The van der Waals surface area contributed by atoms with Gasteiger partial charge in [-0.1, -0.05) is 24.3 Å². The minimum Gasteiger partial charge on any atom is -0.508 e. The number of piperazine rings is 1. The van der Waals surface area contributed by atoms with Crippen LogP contribution in [0.3, 0.4) is 0 Å². The Hall–Kier alpha value is -2.53. The lowest BCUT2D eigenvalue weighted by Crippen LogP contribution is -2.51. The molecule has 0 radical (unpaired) electrons. The quantitative estimate of drug-likeness (QED) is 0.897. The van der Waals surface area contributed by atoms with Crippen molar-refractivity contribution in [2.24, 2.45) is 0 Å². The molecule has 1 heterocycles. The minimum absolute atomic E-state index is 0.187. The van der Waals surface area contributed by atoms with Crippen LogP contribution < -0.4 is 4.90 Å². The summed E-state index contributed by atoms with van der Waals surface area (Å²) in [7, 11) is 2.00. The Labute approximate surface area is 155 Å². The van der Waals surface area contributed by atoms with Crippen LogP contribution in [0.25, 0.3) is 0 Å². The smallest absolute Gasteiger partial charge is 0.236 e. The topological polar surface area (TPSA) is 47.0 Å². The van der Waals surface area contributed by atoms with Gasteiger partial charge < -0.3 is 14.9 Å². The van der Waals surface area contributed by atoms with Gasteiger partial charge in [0, 0.05) is 38.4 Å².